The summed E-state index contributed by atoms with van der Waals surface area (Å²) in [5.41, 5.74) is 0.703. The average molecular weight is 404 g/mol. The summed E-state index contributed by atoms with van der Waals surface area (Å²) >= 11 is 0. The molecular weight excluding hydrogens is 376 g/mol. The van der Waals surface area contributed by atoms with E-state index in [1.54, 1.807) is 29.9 Å². The van der Waals surface area contributed by atoms with Crippen LogP contribution in [-0.2, 0) is 9.53 Å². The largest absolute Gasteiger partial charge is 0.495 e. The summed E-state index contributed by atoms with van der Waals surface area (Å²) in [6.07, 6.45) is 1.04. The van der Waals surface area contributed by atoms with Crippen LogP contribution in [-0.4, -0.2) is 80.3 Å². The highest BCUT2D eigenvalue weighted by Gasteiger charge is 2.33. The van der Waals surface area contributed by atoms with Crippen molar-refractivity contribution < 1.29 is 23.9 Å². The average Bonchev–Trinajstić information content (AvgIpc) is 3.08. The number of benzene rings is 1. The van der Waals surface area contributed by atoms with Gasteiger partial charge in [-0.1, -0.05) is 12.1 Å². The van der Waals surface area contributed by atoms with Gasteiger partial charge in [-0.05, 0) is 31.9 Å². The van der Waals surface area contributed by atoms with Crippen molar-refractivity contribution in [3.8, 4) is 5.75 Å². The van der Waals surface area contributed by atoms with Gasteiger partial charge in [0.1, 0.15) is 12.3 Å². The maximum absolute atomic E-state index is 12.7. The number of carbonyl (C=O) groups is 3. The molecule has 2 fully saturated rings. The summed E-state index contributed by atoms with van der Waals surface area (Å²) in [6, 6.07) is 7.13. The van der Waals surface area contributed by atoms with Crippen molar-refractivity contribution >= 4 is 23.7 Å². The molecule has 0 bridgehead atoms. The third-order valence-electron chi connectivity index (χ3n) is 5.19. The molecule has 4 amide bonds. The molecule has 1 aromatic carbocycles. The molecule has 0 atom stereocenters. The maximum Gasteiger partial charge on any atom is 0.409 e. The van der Waals surface area contributed by atoms with E-state index in [1.165, 1.54) is 4.90 Å². The van der Waals surface area contributed by atoms with Gasteiger partial charge in [-0.3, -0.25) is 9.69 Å². The second-order valence-electron chi connectivity index (χ2n) is 7.06. The quantitative estimate of drug-likeness (QED) is 0.779. The zero-order valence-corrected chi connectivity index (χ0v) is 16.9. The molecule has 0 unspecified atom stereocenters. The first kappa shape index (κ1) is 20.8. The highest BCUT2D eigenvalue weighted by Crippen LogP contribution is 2.30. The van der Waals surface area contributed by atoms with Crippen molar-refractivity contribution in [1.82, 2.24) is 15.1 Å². The minimum absolute atomic E-state index is 0.00352. The molecule has 2 saturated heterocycles. The van der Waals surface area contributed by atoms with Crippen molar-refractivity contribution in [2.24, 2.45) is 0 Å². The number of anilines is 1. The van der Waals surface area contributed by atoms with Gasteiger partial charge in [0.15, 0.2) is 0 Å². The maximum atomic E-state index is 12.7. The van der Waals surface area contributed by atoms with Crippen LogP contribution < -0.4 is 15.0 Å². The number of carbonyl (C=O) groups excluding carboxylic acids is 3. The van der Waals surface area contributed by atoms with Gasteiger partial charge in [0, 0.05) is 32.2 Å². The third kappa shape index (κ3) is 4.90. The number of rotatable bonds is 6. The van der Waals surface area contributed by atoms with E-state index in [0.717, 1.165) is 0 Å². The Hall–Kier alpha value is -2.97. The van der Waals surface area contributed by atoms with Crippen molar-refractivity contribution in [3.05, 3.63) is 24.3 Å². The van der Waals surface area contributed by atoms with E-state index < -0.39 is 0 Å². The zero-order chi connectivity index (χ0) is 20.8. The van der Waals surface area contributed by atoms with Gasteiger partial charge in [-0.25, -0.2) is 9.59 Å². The van der Waals surface area contributed by atoms with Crippen molar-refractivity contribution in [2.45, 2.75) is 25.8 Å². The van der Waals surface area contributed by atoms with Gasteiger partial charge in [-0.2, -0.15) is 0 Å². The number of likely N-dealkylation sites (tertiary alicyclic amines) is 1. The van der Waals surface area contributed by atoms with E-state index >= 15 is 0 Å². The van der Waals surface area contributed by atoms with E-state index in [0.29, 0.717) is 57.1 Å². The van der Waals surface area contributed by atoms with Crippen LogP contribution in [0, 0.1) is 0 Å². The Balaban J connectivity index is 1.48. The number of hydrogen-bond acceptors (Lipinski definition) is 5. The second-order valence-corrected chi connectivity index (χ2v) is 7.06. The number of nitrogens with zero attached hydrogens (tertiary/aromatic N) is 3. The standard InChI is InChI=1S/C20H28N4O5/c1-3-29-20(27)22-10-8-15(9-11-22)21-18(25)14-23-12-13-24(19(23)26)16-6-4-5-7-17(16)28-2/h4-7,15H,3,8-14H2,1-2H3,(H,21,25). The van der Waals surface area contributed by atoms with Gasteiger partial charge in [0.05, 0.1) is 19.4 Å². The third-order valence-corrected chi connectivity index (χ3v) is 5.19. The smallest absolute Gasteiger partial charge is 0.409 e. The van der Waals surface area contributed by atoms with Crippen molar-refractivity contribution in [2.75, 3.05) is 51.3 Å². The lowest BCUT2D eigenvalue weighted by Gasteiger charge is -2.31. The number of urea groups is 1. The van der Waals surface area contributed by atoms with Gasteiger partial charge >= 0.3 is 12.1 Å². The molecule has 2 heterocycles. The first-order valence-corrected chi connectivity index (χ1v) is 9.94. The molecule has 29 heavy (non-hydrogen) atoms. The van der Waals surface area contributed by atoms with Crippen LogP contribution in [0.4, 0.5) is 15.3 Å². The summed E-state index contributed by atoms with van der Waals surface area (Å²) < 4.78 is 10.3. The Bertz CT molecular complexity index is 748. The van der Waals surface area contributed by atoms with E-state index in [9.17, 15) is 14.4 Å². The number of hydrogen-bond donors (Lipinski definition) is 1. The van der Waals surface area contributed by atoms with E-state index in [4.69, 9.17) is 9.47 Å². The van der Waals surface area contributed by atoms with Gasteiger partial charge in [0.25, 0.3) is 0 Å². The number of methoxy groups -OCH3 is 1. The van der Waals surface area contributed by atoms with E-state index in [2.05, 4.69) is 5.32 Å². The monoisotopic (exact) mass is 404 g/mol. The fourth-order valence-corrected chi connectivity index (χ4v) is 3.67. The number of ether oxygens (including phenoxy) is 2. The fraction of sp³-hybridized carbons (Fsp3) is 0.550. The van der Waals surface area contributed by atoms with Crippen LogP contribution in [0.15, 0.2) is 24.3 Å². The lowest BCUT2D eigenvalue weighted by Crippen LogP contribution is -2.49. The number of amides is 4. The minimum Gasteiger partial charge on any atom is -0.495 e. The Morgan fingerprint density at radius 1 is 1.14 bits per heavy atom. The second kappa shape index (κ2) is 9.49. The van der Waals surface area contributed by atoms with Crippen LogP contribution >= 0.6 is 0 Å². The van der Waals surface area contributed by atoms with E-state index in [-0.39, 0.29) is 30.6 Å². The molecule has 2 aliphatic heterocycles. The molecule has 0 spiro atoms. The predicted octanol–water partition coefficient (Wildman–Crippen LogP) is 1.67. The van der Waals surface area contributed by atoms with Crippen LogP contribution in [0.5, 0.6) is 5.75 Å². The molecule has 3 rings (SSSR count). The number of piperidine rings is 1. The van der Waals surface area contributed by atoms with E-state index in [1.807, 2.05) is 18.2 Å². The SMILES string of the molecule is CCOC(=O)N1CCC(NC(=O)CN2CCN(c3ccccc3OC)C2=O)CC1. The predicted molar refractivity (Wildman–Crippen MR) is 107 cm³/mol. The molecule has 9 heteroatoms. The number of para-hydroxylation sites is 2. The lowest BCUT2D eigenvalue weighted by molar-refractivity contribution is -0.122. The molecular formula is C20H28N4O5. The molecule has 2 aliphatic rings. The van der Waals surface area contributed by atoms with Gasteiger partial charge in [-0.15, -0.1) is 0 Å². The highest BCUT2D eigenvalue weighted by atomic mass is 16.6. The highest BCUT2D eigenvalue weighted by molar-refractivity contribution is 5.97. The topological polar surface area (TPSA) is 91.4 Å². The molecule has 9 nitrogen and oxygen atoms in total. The molecule has 1 aromatic rings. The van der Waals surface area contributed by atoms with Crippen LogP contribution in [0.2, 0.25) is 0 Å². The van der Waals surface area contributed by atoms with Crippen LogP contribution in [0.25, 0.3) is 0 Å². The minimum atomic E-state index is -0.309. The summed E-state index contributed by atoms with van der Waals surface area (Å²) in [4.78, 5) is 41.7. The first-order chi connectivity index (χ1) is 14.0. The lowest BCUT2D eigenvalue weighted by atomic mass is 10.1. The molecule has 0 aromatic heterocycles. The van der Waals surface area contributed by atoms with Crippen molar-refractivity contribution in [3.63, 3.8) is 0 Å². The molecule has 0 aliphatic carbocycles. The fourth-order valence-electron chi connectivity index (χ4n) is 3.67. The van der Waals surface area contributed by atoms with Crippen molar-refractivity contribution in [1.29, 1.82) is 0 Å². The first-order valence-electron chi connectivity index (χ1n) is 9.94. The molecule has 1 N–H and O–H groups in total. The normalized spacial score (nSPS) is 17.4. The Morgan fingerprint density at radius 3 is 2.55 bits per heavy atom. The Kier molecular flexibility index (Phi) is 6.79. The summed E-state index contributed by atoms with van der Waals surface area (Å²) in [5.74, 6) is 0.440. The Labute approximate surface area is 170 Å². The van der Waals surface area contributed by atoms with Gasteiger partial charge in [0.2, 0.25) is 5.91 Å². The summed E-state index contributed by atoms with van der Waals surface area (Å²) in [5, 5.41) is 2.98. The zero-order valence-electron chi connectivity index (χ0n) is 16.9. The van der Waals surface area contributed by atoms with Gasteiger partial charge < -0.3 is 24.6 Å². The summed E-state index contributed by atoms with van der Waals surface area (Å²) in [6.45, 7) is 4.23. The summed E-state index contributed by atoms with van der Waals surface area (Å²) in [7, 11) is 1.57. The molecule has 158 valence electrons. The van der Waals surface area contributed by atoms with Crippen LogP contribution in [0.1, 0.15) is 19.8 Å². The molecule has 0 saturated carbocycles. The Morgan fingerprint density at radius 2 is 1.86 bits per heavy atom. The molecule has 0 radical (unpaired) electrons. The number of nitrogens with one attached hydrogen (secondary N) is 1. The van der Waals surface area contributed by atoms with Crippen LogP contribution in [0.3, 0.4) is 0 Å².